The first-order chi connectivity index (χ1) is 9.16. The first kappa shape index (κ1) is 14.4. The molecule has 19 heavy (non-hydrogen) atoms. The number of rotatable bonds is 4. The predicted octanol–water partition coefficient (Wildman–Crippen LogP) is 4.25. The monoisotopic (exact) mass is 277 g/mol. The lowest BCUT2D eigenvalue weighted by Gasteiger charge is -2.23. The molecular weight excluding hydrogens is 254 g/mol. The largest absolute Gasteiger partial charge is 0.349 e. The van der Waals surface area contributed by atoms with Crippen LogP contribution < -0.4 is 5.32 Å². The van der Waals surface area contributed by atoms with Gasteiger partial charge in [0.2, 0.25) is 0 Å². The molecule has 1 saturated carbocycles. The molecule has 0 atom stereocenters. The molecule has 1 amide bonds. The number of benzene rings is 1. The van der Waals surface area contributed by atoms with Crippen molar-refractivity contribution in [1.82, 2.24) is 5.32 Å². The number of thioether (sulfide) groups is 1. The summed E-state index contributed by atoms with van der Waals surface area (Å²) in [6.45, 7) is 4.31. The summed E-state index contributed by atoms with van der Waals surface area (Å²) in [6, 6.07) is 8.30. The molecule has 0 aromatic heterocycles. The van der Waals surface area contributed by atoms with Gasteiger partial charge in [-0.05, 0) is 25.0 Å². The highest BCUT2D eigenvalue weighted by Crippen LogP contribution is 2.27. The molecule has 1 N–H and O–H groups in total. The molecular formula is C16H23NOS. The zero-order valence-corrected chi connectivity index (χ0v) is 12.6. The number of hydrogen-bond donors (Lipinski definition) is 1. The van der Waals surface area contributed by atoms with Gasteiger partial charge >= 0.3 is 0 Å². The van der Waals surface area contributed by atoms with E-state index in [1.807, 2.05) is 24.3 Å². The van der Waals surface area contributed by atoms with Gasteiger partial charge in [0.15, 0.2) is 0 Å². The lowest BCUT2D eigenvalue weighted by atomic mass is 9.95. The highest BCUT2D eigenvalue weighted by Gasteiger charge is 2.18. The maximum atomic E-state index is 12.4. The van der Waals surface area contributed by atoms with Crippen molar-refractivity contribution in [2.75, 3.05) is 0 Å². The Morgan fingerprint density at radius 1 is 1.21 bits per heavy atom. The molecule has 0 heterocycles. The first-order valence-corrected chi connectivity index (χ1v) is 8.11. The molecule has 2 nitrogen and oxygen atoms in total. The van der Waals surface area contributed by atoms with E-state index in [0.29, 0.717) is 11.3 Å². The van der Waals surface area contributed by atoms with Crippen molar-refractivity contribution in [3.8, 4) is 0 Å². The molecule has 2 rings (SSSR count). The van der Waals surface area contributed by atoms with Crippen LogP contribution in [0.5, 0.6) is 0 Å². The Bertz CT molecular complexity index is 425. The average molecular weight is 277 g/mol. The molecule has 1 aromatic carbocycles. The van der Waals surface area contributed by atoms with Crippen molar-refractivity contribution >= 4 is 17.7 Å². The van der Waals surface area contributed by atoms with Crippen LogP contribution in [0.15, 0.2) is 29.2 Å². The average Bonchev–Trinajstić information content (AvgIpc) is 2.39. The van der Waals surface area contributed by atoms with Crippen LogP contribution in [0.1, 0.15) is 56.3 Å². The summed E-state index contributed by atoms with van der Waals surface area (Å²) in [7, 11) is 0. The second-order valence-electron chi connectivity index (χ2n) is 5.47. The highest BCUT2D eigenvalue weighted by atomic mass is 32.2. The van der Waals surface area contributed by atoms with Gasteiger partial charge in [0.05, 0.1) is 5.56 Å². The van der Waals surface area contributed by atoms with Crippen LogP contribution in [0.4, 0.5) is 0 Å². The summed E-state index contributed by atoms with van der Waals surface area (Å²) >= 11 is 1.75. The summed E-state index contributed by atoms with van der Waals surface area (Å²) in [5, 5.41) is 3.69. The molecule has 1 aliphatic rings. The Balaban J connectivity index is 2.05. The van der Waals surface area contributed by atoms with Crippen molar-refractivity contribution < 1.29 is 4.79 Å². The fourth-order valence-electron chi connectivity index (χ4n) is 2.52. The Labute approximate surface area is 120 Å². The fourth-order valence-corrected chi connectivity index (χ4v) is 3.47. The van der Waals surface area contributed by atoms with E-state index in [4.69, 9.17) is 0 Å². The number of carbonyl (C=O) groups is 1. The number of hydrogen-bond acceptors (Lipinski definition) is 2. The number of amides is 1. The van der Waals surface area contributed by atoms with Gasteiger partial charge < -0.3 is 5.32 Å². The van der Waals surface area contributed by atoms with Crippen LogP contribution in [0, 0.1) is 0 Å². The molecule has 1 fully saturated rings. The number of carbonyl (C=O) groups excluding carboxylic acids is 1. The third-order valence-corrected chi connectivity index (χ3v) is 4.52. The zero-order valence-electron chi connectivity index (χ0n) is 11.8. The second kappa shape index (κ2) is 6.99. The smallest absolute Gasteiger partial charge is 0.252 e. The van der Waals surface area contributed by atoms with Crippen LogP contribution in [0.25, 0.3) is 0 Å². The lowest BCUT2D eigenvalue weighted by molar-refractivity contribution is 0.0925. The van der Waals surface area contributed by atoms with Gasteiger partial charge in [-0.1, -0.05) is 45.2 Å². The van der Waals surface area contributed by atoms with Crippen LogP contribution >= 0.6 is 11.8 Å². The lowest BCUT2D eigenvalue weighted by Crippen LogP contribution is -2.36. The molecule has 0 unspecified atom stereocenters. The predicted molar refractivity (Wildman–Crippen MR) is 81.8 cm³/mol. The van der Waals surface area contributed by atoms with Crippen LogP contribution in [0.2, 0.25) is 0 Å². The van der Waals surface area contributed by atoms with E-state index in [9.17, 15) is 4.79 Å². The van der Waals surface area contributed by atoms with E-state index in [0.717, 1.165) is 23.3 Å². The Morgan fingerprint density at radius 3 is 2.58 bits per heavy atom. The van der Waals surface area contributed by atoms with Gasteiger partial charge in [0.25, 0.3) is 5.91 Å². The Hall–Kier alpha value is -0.960. The Morgan fingerprint density at radius 2 is 1.89 bits per heavy atom. The normalized spacial score (nSPS) is 16.6. The number of nitrogens with one attached hydrogen (secondary N) is 1. The van der Waals surface area contributed by atoms with E-state index in [1.54, 1.807) is 11.8 Å². The maximum Gasteiger partial charge on any atom is 0.252 e. The van der Waals surface area contributed by atoms with E-state index in [-0.39, 0.29) is 5.91 Å². The van der Waals surface area contributed by atoms with Crippen LogP contribution in [-0.4, -0.2) is 17.2 Å². The third kappa shape index (κ3) is 4.27. The molecule has 0 spiro atoms. The van der Waals surface area contributed by atoms with Crippen LogP contribution in [-0.2, 0) is 0 Å². The van der Waals surface area contributed by atoms with Gasteiger partial charge in [-0.15, -0.1) is 11.8 Å². The molecule has 0 saturated heterocycles. The summed E-state index contributed by atoms with van der Waals surface area (Å²) in [5.74, 6) is 0.0932. The fraction of sp³-hybridized carbons (Fsp3) is 0.562. The van der Waals surface area contributed by atoms with Crippen molar-refractivity contribution in [2.24, 2.45) is 0 Å². The minimum Gasteiger partial charge on any atom is -0.349 e. The topological polar surface area (TPSA) is 29.1 Å². The molecule has 1 aliphatic carbocycles. The van der Waals surface area contributed by atoms with Gasteiger partial charge in [0.1, 0.15) is 0 Å². The molecule has 0 bridgehead atoms. The van der Waals surface area contributed by atoms with E-state index in [1.165, 1.54) is 19.3 Å². The second-order valence-corrected chi connectivity index (χ2v) is 7.09. The van der Waals surface area contributed by atoms with E-state index in [2.05, 4.69) is 19.2 Å². The van der Waals surface area contributed by atoms with E-state index < -0.39 is 0 Å². The summed E-state index contributed by atoms with van der Waals surface area (Å²) in [6.07, 6.45) is 6.06. The van der Waals surface area contributed by atoms with Gasteiger partial charge in [-0.2, -0.15) is 0 Å². The summed E-state index contributed by atoms with van der Waals surface area (Å²) < 4.78 is 0. The van der Waals surface area contributed by atoms with Gasteiger partial charge in [-0.3, -0.25) is 4.79 Å². The minimum absolute atomic E-state index is 0.0932. The molecule has 0 radical (unpaired) electrons. The summed E-state index contributed by atoms with van der Waals surface area (Å²) in [4.78, 5) is 13.5. The SMILES string of the molecule is CC(C)Sc1ccccc1C(=O)NC1CCCCC1. The molecule has 104 valence electrons. The zero-order chi connectivity index (χ0) is 13.7. The first-order valence-electron chi connectivity index (χ1n) is 7.23. The quantitative estimate of drug-likeness (QED) is 0.834. The maximum absolute atomic E-state index is 12.4. The highest BCUT2D eigenvalue weighted by molar-refractivity contribution is 8.00. The summed E-state index contributed by atoms with van der Waals surface area (Å²) in [5.41, 5.74) is 0.826. The van der Waals surface area contributed by atoms with E-state index >= 15 is 0 Å². The minimum atomic E-state index is 0.0932. The molecule has 0 aliphatic heterocycles. The van der Waals surface area contributed by atoms with Crippen molar-refractivity contribution in [1.29, 1.82) is 0 Å². The van der Waals surface area contributed by atoms with Gasteiger partial charge in [0, 0.05) is 16.2 Å². The Kier molecular flexibility index (Phi) is 5.32. The van der Waals surface area contributed by atoms with Gasteiger partial charge in [-0.25, -0.2) is 0 Å². The molecule has 3 heteroatoms. The molecule has 1 aromatic rings. The van der Waals surface area contributed by atoms with Crippen LogP contribution in [0.3, 0.4) is 0 Å². The van der Waals surface area contributed by atoms with Crippen molar-refractivity contribution in [2.45, 2.75) is 62.1 Å². The standard InChI is InChI=1S/C16H23NOS/c1-12(2)19-15-11-7-6-10-14(15)16(18)17-13-8-4-3-5-9-13/h6-7,10-13H,3-5,8-9H2,1-2H3,(H,17,18). The van der Waals surface area contributed by atoms with Crippen molar-refractivity contribution in [3.63, 3.8) is 0 Å². The van der Waals surface area contributed by atoms with Crippen molar-refractivity contribution in [3.05, 3.63) is 29.8 Å². The third-order valence-electron chi connectivity index (χ3n) is 3.43.